The van der Waals surface area contributed by atoms with E-state index in [9.17, 15) is 4.79 Å². The molecule has 0 spiro atoms. The topological polar surface area (TPSA) is 52.3 Å². The van der Waals surface area contributed by atoms with Crippen LogP contribution in [-0.2, 0) is 4.74 Å². The number of ether oxygens (including phenoxy) is 1. The highest BCUT2D eigenvalue weighted by atomic mass is 16.5. The van der Waals surface area contributed by atoms with Crippen LogP contribution in [-0.4, -0.2) is 13.1 Å². The first-order valence-electron chi connectivity index (χ1n) is 5.13. The number of rotatable bonds is 4. The van der Waals surface area contributed by atoms with Gasteiger partial charge in [-0.3, -0.25) is 0 Å². The lowest BCUT2D eigenvalue weighted by molar-refractivity contribution is 0.0600. The van der Waals surface area contributed by atoms with Gasteiger partial charge in [-0.05, 0) is 31.0 Å². The lowest BCUT2D eigenvalue weighted by Crippen LogP contribution is -2.11. The lowest BCUT2D eigenvalue weighted by atomic mass is 10.0. The number of esters is 1. The summed E-state index contributed by atoms with van der Waals surface area (Å²) >= 11 is 0. The quantitative estimate of drug-likeness (QED) is 0.625. The molecule has 0 unspecified atom stereocenters. The van der Waals surface area contributed by atoms with Crippen molar-refractivity contribution in [1.82, 2.24) is 0 Å². The first-order chi connectivity index (χ1) is 7.54. The zero-order chi connectivity index (χ0) is 12.1. The van der Waals surface area contributed by atoms with E-state index in [1.807, 2.05) is 19.1 Å². The van der Waals surface area contributed by atoms with Gasteiger partial charge in [0.25, 0.3) is 0 Å². The molecule has 0 bridgehead atoms. The summed E-state index contributed by atoms with van der Waals surface area (Å²) in [6, 6.07) is 7.07. The molecule has 86 valence electrons. The number of hydrogen-bond donors (Lipinski definition) is 1. The second-order valence-electron chi connectivity index (χ2n) is 3.88. The Morgan fingerprint density at radius 3 is 2.44 bits per heavy atom. The molecule has 1 aromatic carbocycles. The molecule has 2 N–H and O–H groups in total. The van der Waals surface area contributed by atoms with Crippen molar-refractivity contribution in [2.45, 2.75) is 19.4 Å². The highest BCUT2D eigenvalue weighted by molar-refractivity contribution is 5.89. The van der Waals surface area contributed by atoms with Crippen molar-refractivity contribution in [3.63, 3.8) is 0 Å². The summed E-state index contributed by atoms with van der Waals surface area (Å²) in [5.74, 6) is -0.333. The Morgan fingerprint density at radius 1 is 1.44 bits per heavy atom. The van der Waals surface area contributed by atoms with Gasteiger partial charge in [-0.2, -0.15) is 0 Å². The molecular weight excluding hydrogens is 202 g/mol. The fourth-order valence-electron chi connectivity index (χ4n) is 1.48. The smallest absolute Gasteiger partial charge is 0.337 e. The molecule has 1 aromatic rings. The number of carbonyl (C=O) groups is 1. The van der Waals surface area contributed by atoms with E-state index >= 15 is 0 Å². The fraction of sp³-hybridized carbons (Fsp3) is 0.308. The first-order valence-corrected chi connectivity index (χ1v) is 5.13. The molecule has 0 fully saturated rings. The molecule has 1 rings (SSSR count). The van der Waals surface area contributed by atoms with Crippen LogP contribution in [0.1, 0.15) is 35.3 Å². The van der Waals surface area contributed by atoms with Gasteiger partial charge < -0.3 is 10.5 Å². The predicted octanol–water partition coefficient (Wildman–Crippen LogP) is 2.44. The zero-order valence-corrected chi connectivity index (χ0v) is 9.69. The van der Waals surface area contributed by atoms with Crippen LogP contribution in [0.2, 0.25) is 0 Å². The Kier molecular flexibility index (Phi) is 4.26. The molecule has 3 nitrogen and oxygen atoms in total. The van der Waals surface area contributed by atoms with E-state index in [0.717, 1.165) is 17.6 Å². The summed E-state index contributed by atoms with van der Waals surface area (Å²) in [4.78, 5) is 11.2. The van der Waals surface area contributed by atoms with E-state index in [-0.39, 0.29) is 12.0 Å². The van der Waals surface area contributed by atoms with E-state index in [2.05, 4.69) is 11.3 Å². The molecule has 1 atom stereocenters. The van der Waals surface area contributed by atoms with Gasteiger partial charge in [0.2, 0.25) is 0 Å². The van der Waals surface area contributed by atoms with Gasteiger partial charge in [-0.25, -0.2) is 4.79 Å². The van der Waals surface area contributed by atoms with Crippen molar-refractivity contribution in [1.29, 1.82) is 0 Å². The molecule has 0 radical (unpaired) electrons. The third-order valence-corrected chi connectivity index (χ3v) is 2.33. The van der Waals surface area contributed by atoms with Crippen LogP contribution in [0.15, 0.2) is 36.4 Å². The molecule has 0 saturated carbocycles. The average molecular weight is 219 g/mol. The van der Waals surface area contributed by atoms with Crippen LogP contribution >= 0.6 is 0 Å². The molecule has 0 heterocycles. The van der Waals surface area contributed by atoms with Gasteiger partial charge in [-0.15, -0.1) is 6.58 Å². The van der Waals surface area contributed by atoms with Crippen LogP contribution < -0.4 is 5.73 Å². The maximum atomic E-state index is 11.2. The van der Waals surface area contributed by atoms with Crippen molar-refractivity contribution in [2.75, 3.05) is 7.11 Å². The first kappa shape index (κ1) is 12.5. The number of hydrogen-bond acceptors (Lipinski definition) is 3. The summed E-state index contributed by atoms with van der Waals surface area (Å²) in [5, 5.41) is 0. The van der Waals surface area contributed by atoms with Crippen molar-refractivity contribution in [2.24, 2.45) is 5.73 Å². The third kappa shape index (κ3) is 3.21. The Labute approximate surface area is 95.9 Å². The Morgan fingerprint density at radius 2 is 2.00 bits per heavy atom. The monoisotopic (exact) mass is 219 g/mol. The van der Waals surface area contributed by atoms with E-state index < -0.39 is 0 Å². The van der Waals surface area contributed by atoms with Crippen molar-refractivity contribution in [3.05, 3.63) is 47.5 Å². The number of nitrogens with two attached hydrogens (primary N) is 1. The van der Waals surface area contributed by atoms with E-state index in [1.165, 1.54) is 7.11 Å². The number of benzene rings is 1. The van der Waals surface area contributed by atoms with Crippen molar-refractivity contribution < 1.29 is 9.53 Å². The van der Waals surface area contributed by atoms with Gasteiger partial charge in [0.05, 0.1) is 12.7 Å². The third-order valence-electron chi connectivity index (χ3n) is 2.33. The minimum absolute atomic E-state index is 0.0656. The second kappa shape index (κ2) is 5.47. The van der Waals surface area contributed by atoms with Crippen molar-refractivity contribution in [3.8, 4) is 0 Å². The summed E-state index contributed by atoms with van der Waals surface area (Å²) in [6.07, 6.45) is 0.748. The minimum Gasteiger partial charge on any atom is -0.465 e. The summed E-state index contributed by atoms with van der Waals surface area (Å²) < 4.78 is 4.62. The summed E-state index contributed by atoms with van der Waals surface area (Å²) in [5.41, 5.74) is 8.56. The minimum atomic E-state index is -0.333. The predicted molar refractivity (Wildman–Crippen MR) is 64.1 cm³/mol. The van der Waals surface area contributed by atoms with Gasteiger partial charge in [0, 0.05) is 6.04 Å². The Bertz CT molecular complexity index is 381. The van der Waals surface area contributed by atoms with Gasteiger partial charge >= 0.3 is 5.97 Å². The SMILES string of the molecule is C=C(C)C[C@@H](N)c1ccc(C(=O)OC)cc1. The second-order valence-corrected chi connectivity index (χ2v) is 3.88. The summed E-state index contributed by atoms with van der Waals surface area (Å²) in [7, 11) is 1.36. The molecule has 0 amide bonds. The molecule has 0 aromatic heterocycles. The number of methoxy groups -OCH3 is 1. The van der Waals surface area contributed by atoms with E-state index in [4.69, 9.17) is 5.73 Å². The van der Waals surface area contributed by atoms with Gasteiger partial charge in [0.1, 0.15) is 0 Å². The van der Waals surface area contributed by atoms with Gasteiger partial charge in [-0.1, -0.05) is 17.7 Å². The largest absolute Gasteiger partial charge is 0.465 e. The van der Waals surface area contributed by atoms with Crippen LogP contribution in [0.25, 0.3) is 0 Å². The van der Waals surface area contributed by atoms with Crippen LogP contribution in [0.3, 0.4) is 0 Å². The molecule has 16 heavy (non-hydrogen) atoms. The molecule has 0 aliphatic rings. The van der Waals surface area contributed by atoms with Crippen LogP contribution in [0.4, 0.5) is 0 Å². The average Bonchev–Trinajstić information content (AvgIpc) is 2.27. The fourth-order valence-corrected chi connectivity index (χ4v) is 1.48. The van der Waals surface area contributed by atoms with Crippen molar-refractivity contribution >= 4 is 5.97 Å². The van der Waals surface area contributed by atoms with Crippen LogP contribution in [0.5, 0.6) is 0 Å². The summed E-state index contributed by atoms with van der Waals surface area (Å²) in [6.45, 7) is 5.77. The van der Waals surface area contributed by atoms with E-state index in [0.29, 0.717) is 5.56 Å². The maximum Gasteiger partial charge on any atom is 0.337 e. The lowest BCUT2D eigenvalue weighted by Gasteiger charge is -2.12. The van der Waals surface area contributed by atoms with Crippen LogP contribution in [0, 0.1) is 0 Å². The standard InChI is InChI=1S/C13H17NO2/c1-9(2)8-12(14)10-4-6-11(7-5-10)13(15)16-3/h4-7,12H,1,8,14H2,2-3H3/t12-/m1/s1. The molecule has 3 heteroatoms. The Balaban J connectivity index is 2.78. The zero-order valence-electron chi connectivity index (χ0n) is 9.69. The highest BCUT2D eigenvalue weighted by Gasteiger charge is 2.08. The number of carbonyl (C=O) groups excluding carboxylic acids is 1. The maximum absolute atomic E-state index is 11.2. The molecule has 0 saturated heterocycles. The molecule has 0 aliphatic carbocycles. The van der Waals surface area contributed by atoms with Gasteiger partial charge in [0.15, 0.2) is 0 Å². The molecule has 0 aliphatic heterocycles. The Hall–Kier alpha value is -1.61. The van der Waals surface area contributed by atoms with E-state index in [1.54, 1.807) is 12.1 Å². The normalized spacial score (nSPS) is 11.9. The molecular formula is C13H17NO2. The highest BCUT2D eigenvalue weighted by Crippen LogP contribution is 2.18.